The van der Waals surface area contributed by atoms with Gasteiger partial charge in [-0.1, -0.05) is 19.3 Å². The fourth-order valence-corrected chi connectivity index (χ4v) is 4.19. The van der Waals surface area contributed by atoms with Crippen LogP contribution in [0.5, 0.6) is 0 Å². The minimum absolute atomic E-state index is 0.0734. The monoisotopic (exact) mass is 278 g/mol. The maximum atomic E-state index is 12.1. The van der Waals surface area contributed by atoms with Gasteiger partial charge in [0.25, 0.3) is 0 Å². The van der Waals surface area contributed by atoms with Gasteiger partial charge in [0, 0.05) is 13.1 Å². The van der Waals surface area contributed by atoms with Crippen molar-refractivity contribution >= 4 is 10.0 Å². The van der Waals surface area contributed by atoms with Crippen LogP contribution in [0.2, 0.25) is 0 Å². The van der Waals surface area contributed by atoms with Gasteiger partial charge in [0.1, 0.15) is 0 Å². The van der Waals surface area contributed by atoms with E-state index in [1.54, 1.807) is 6.92 Å². The van der Waals surface area contributed by atoms with Crippen LogP contribution in [-0.4, -0.2) is 56.5 Å². The minimum Gasteiger partial charge on any atom is -0.387 e. The summed E-state index contributed by atoms with van der Waals surface area (Å²) >= 11 is 0. The topological polar surface area (TPSA) is 69.6 Å². The molecule has 1 saturated carbocycles. The molecule has 18 heavy (non-hydrogen) atoms. The van der Waals surface area contributed by atoms with E-state index in [2.05, 4.69) is 4.72 Å². The van der Waals surface area contributed by atoms with Crippen LogP contribution < -0.4 is 4.72 Å². The second-order valence-corrected chi connectivity index (χ2v) is 7.91. The lowest BCUT2D eigenvalue weighted by atomic mass is 10.0. The molecular weight excluding hydrogens is 252 g/mol. The summed E-state index contributed by atoms with van der Waals surface area (Å²) in [6.07, 6.45) is 4.58. The molecule has 1 unspecified atom stereocenters. The van der Waals surface area contributed by atoms with E-state index in [0.717, 1.165) is 32.1 Å². The summed E-state index contributed by atoms with van der Waals surface area (Å²) in [7, 11) is 0.422. The lowest BCUT2D eigenvalue weighted by Gasteiger charge is -2.29. The second-order valence-electron chi connectivity index (χ2n) is 5.86. The third-order valence-electron chi connectivity index (χ3n) is 3.30. The molecule has 0 aliphatic heterocycles. The molecule has 1 aliphatic rings. The Morgan fingerprint density at radius 1 is 1.28 bits per heavy atom. The van der Waals surface area contributed by atoms with Gasteiger partial charge < -0.3 is 10.0 Å². The van der Waals surface area contributed by atoms with Gasteiger partial charge in [-0.2, -0.15) is 0 Å². The van der Waals surface area contributed by atoms with Gasteiger partial charge in [0.15, 0.2) is 0 Å². The van der Waals surface area contributed by atoms with Gasteiger partial charge in [-0.25, -0.2) is 13.1 Å². The average Bonchev–Trinajstić information content (AvgIpc) is 2.26. The Kier molecular flexibility index (Phi) is 5.58. The fourth-order valence-electron chi connectivity index (χ4n) is 2.49. The molecule has 6 heteroatoms. The van der Waals surface area contributed by atoms with Gasteiger partial charge in [0.2, 0.25) is 10.0 Å². The molecule has 2 N–H and O–H groups in total. The Morgan fingerprint density at radius 3 is 2.33 bits per heavy atom. The van der Waals surface area contributed by atoms with Gasteiger partial charge >= 0.3 is 0 Å². The first kappa shape index (κ1) is 15.9. The zero-order chi connectivity index (χ0) is 13.8. The zero-order valence-corrected chi connectivity index (χ0v) is 12.5. The molecule has 0 aromatic carbocycles. The first-order valence-electron chi connectivity index (χ1n) is 6.58. The van der Waals surface area contributed by atoms with Crippen LogP contribution in [0.15, 0.2) is 0 Å². The van der Waals surface area contributed by atoms with Crippen LogP contribution in [0.25, 0.3) is 0 Å². The highest BCUT2D eigenvalue weighted by molar-refractivity contribution is 7.90. The Bertz CT molecular complexity index is 346. The highest BCUT2D eigenvalue weighted by Crippen LogP contribution is 2.23. The van der Waals surface area contributed by atoms with Crippen molar-refractivity contribution in [3.63, 3.8) is 0 Å². The summed E-state index contributed by atoms with van der Waals surface area (Å²) in [5.41, 5.74) is -1.04. The number of rotatable bonds is 6. The third kappa shape index (κ3) is 5.22. The smallest absolute Gasteiger partial charge is 0.214 e. The van der Waals surface area contributed by atoms with Crippen LogP contribution in [0.1, 0.15) is 39.0 Å². The van der Waals surface area contributed by atoms with Crippen molar-refractivity contribution in [2.24, 2.45) is 0 Å². The Morgan fingerprint density at radius 2 is 1.83 bits per heavy atom. The van der Waals surface area contributed by atoms with Crippen molar-refractivity contribution in [1.29, 1.82) is 0 Å². The number of nitrogens with zero attached hydrogens (tertiary/aromatic N) is 1. The van der Waals surface area contributed by atoms with Crippen LogP contribution in [0.4, 0.5) is 0 Å². The standard InChI is InChI=1S/C12H26N2O3S/c1-12(15,10-14(2)3)9-13-18(16,17)11-7-5-4-6-8-11/h11,13,15H,4-10H2,1-3H3. The van der Waals surface area contributed by atoms with Crippen molar-refractivity contribution in [1.82, 2.24) is 9.62 Å². The molecule has 0 radical (unpaired) electrons. The number of sulfonamides is 1. The van der Waals surface area contributed by atoms with Gasteiger partial charge in [0.05, 0.1) is 10.9 Å². The predicted octanol–water partition coefficient (Wildman–Crippen LogP) is 0.551. The van der Waals surface area contributed by atoms with E-state index in [-0.39, 0.29) is 11.8 Å². The maximum Gasteiger partial charge on any atom is 0.214 e. The molecule has 0 spiro atoms. The van der Waals surface area contributed by atoms with E-state index >= 15 is 0 Å². The van der Waals surface area contributed by atoms with Crippen molar-refractivity contribution in [2.45, 2.75) is 49.9 Å². The molecule has 0 heterocycles. The molecule has 0 aromatic rings. The van der Waals surface area contributed by atoms with Gasteiger partial charge in [-0.15, -0.1) is 0 Å². The van der Waals surface area contributed by atoms with Gasteiger partial charge in [-0.05, 0) is 33.9 Å². The van der Waals surface area contributed by atoms with E-state index in [9.17, 15) is 13.5 Å². The Hall–Kier alpha value is -0.170. The quantitative estimate of drug-likeness (QED) is 0.744. The molecule has 1 atom stereocenters. The molecule has 1 fully saturated rings. The Labute approximate surface area is 111 Å². The second kappa shape index (κ2) is 6.32. The third-order valence-corrected chi connectivity index (χ3v) is 5.20. The Balaban J connectivity index is 2.50. The molecule has 0 saturated heterocycles. The summed E-state index contributed by atoms with van der Waals surface area (Å²) in [4.78, 5) is 1.84. The molecular formula is C12H26N2O3S. The maximum absolute atomic E-state index is 12.1. The summed E-state index contributed by atoms with van der Waals surface area (Å²) in [6, 6.07) is 0. The van der Waals surface area contributed by atoms with Crippen molar-refractivity contribution in [3.05, 3.63) is 0 Å². The lowest BCUT2D eigenvalue weighted by Crippen LogP contribution is -2.49. The average molecular weight is 278 g/mol. The summed E-state index contributed by atoms with van der Waals surface area (Å²) in [5.74, 6) is 0. The lowest BCUT2D eigenvalue weighted by molar-refractivity contribution is 0.0385. The van der Waals surface area contributed by atoms with Gasteiger partial charge in [-0.3, -0.25) is 0 Å². The number of hydrogen-bond acceptors (Lipinski definition) is 4. The highest BCUT2D eigenvalue weighted by atomic mass is 32.2. The number of nitrogens with one attached hydrogen (secondary N) is 1. The molecule has 1 aliphatic carbocycles. The van der Waals surface area contributed by atoms with Crippen molar-refractivity contribution < 1.29 is 13.5 Å². The van der Waals surface area contributed by atoms with Crippen LogP contribution in [0.3, 0.4) is 0 Å². The van der Waals surface area contributed by atoms with Crippen LogP contribution in [-0.2, 0) is 10.0 Å². The summed E-state index contributed by atoms with van der Waals surface area (Å²) in [5, 5.41) is 9.80. The highest BCUT2D eigenvalue weighted by Gasteiger charge is 2.30. The summed E-state index contributed by atoms with van der Waals surface area (Å²) in [6.45, 7) is 2.15. The normalized spacial score (nSPS) is 22.1. The predicted molar refractivity (Wildman–Crippen MR) is 73.0 cm³/mol. The first-order chi connectivity index (χ1) is 8.23. The fraction of sp³-hybridized carbons (Fsp3) is 1.00. The molecule has 108 valence electrons. The molecule has 5 nitrogen and oxygen atoms in total. The molecule has 0 aromatic heterocycles. The molecule has 1 rings (SSSR count). The number of aliphatic hydroxyl groups is 1. The van der Waals surface area contributed by atoms with E-state index in [4.69, 9.17) is 0 Å². The van der Waals surface area contributed by atoms with Crippen molar-refractivity contribution in [2.75, 3.05) is 27.2 Å². The van der Waals surface area contributed by atoms with E-state index in [0.29, 0.717) is 6.54 Å². The largest absolute Gasteiger partial charge is 0.387 e. The summed E-state index contributed by atoms with van der Waals surface area (Å²) < 4.78 is 26.7. The SMILES string of the molecule is CN(C)CC(C)(O)CNS(=O)(=O)C1CCCCC1. The van der Waals surface area contributed by atoms with Crippen molar-refractivity contribution in [3.8, 4) is 0 Å². The van der Waals surface area contributed by atoms with E-state index in [1.807, 2.05) is 19.0 Å². The minimum atomic E-state index is -3.28. The number of hydrogen-bond donors (Lipinski definition) is 2. The number of likely N-dealkylation sites (N-methyl/N-ethyl adjacent to an activating group) is 1. The van der Waals surface area contributed by atoms with E-state index < -0.39 is 15.6 Å². The zero-order valence-electron chi connectivity index (χ0n) is 11.6. The first-order valence-corrected chi connectivity index (χ1v) is 8.13. The van der Waals surface area contributed by atoms with Crippen LogP contribution >= 0.6 is 0 Å². The van der Waals surface area contributed by atoms with Crippen LogP contribution in [0, 0.1) is 0 Å². The molecule has 0 amide bonds. The van der Waals surface area contributed by atoms with E-state index in [1.165, 1.54) is 0 Å². The molecule has 0 bridgehead atoms.